The van der Waals surface area contributed by atoms with Gasteiger partial charge in [-0.1, -0.05) is 0 Å². The SMILES string of the molecule is COC1(C)CCCN(C(=O)c2ccncc2O)C1. The molecule has 18 heavy (non-hydrogen) atoms. The summed E-state index contributed by atoms with van der Waals surface area (Å²) in [7, 11) is 1.66. The summed E-state index contributed by atoms with van der Waals surface area (Å²) in [6.07, 6.45) is 4.64. The fraction of sp³-hybridized carbons (Fsp3) is 0.538. The minimum atomic E-state index is -0.295. The number of piperidine rings is 1. The largest absolute Gasteiger partial charge is 0.505 e. The van der Waals surface area contributed by atoms with Gasteiger partial charge in [0.05, 0.1) is 17.4 Å². The Balaban J connectivity index is 2.17. The first-order chi connectivity index (χ1) is 8.56. The van der Waals surface area contributed by atoms with E-state index in [2.05, 4.69) is 4.98 Å². The van der Waals surface area contributed by atoms with Crippen molar-refractivity contribution >= 4 is 5.91 Å². The van der Waals surface area contributed by atoms with Crippen LogP contribution in [0.4, 0.5) is 0 Å². The number of hydrogen-bond donors (Lipinski definition) is 1. The first kappa shape index (κ1) is 12.8. The van der Waals surface area contributed by atoms with Gasteiger partial charge in [-0.3, -0.25) is 9.78 Å². The van der Waals surface area contributed by atoms with Crippen LogP contribution in [0.25, 0.3) is 0 Å². The predicted octanol–water partition coefficient (Wildman–Crippen LogP) is 1.43. The van der Waals surface area contributed by atoms with E-state index in [1.807, 2.05) is 6.92 Å². The van der Waals surface area contributed by atoms with Crippen LogP contribution in [0, 0.1) is 0 Å². The quantitative estimate of drug-likeness (QED) is 0.862. The van der Waals surface area contributed by atoms with E-state index in [0.29, 0.717) is 18.7 Å². The maximum atomic E-state index is 12.3. The van der Waals surface area contributed by atoms with E-state index in [-0.39, 0.29) is 17.3 Å². The second-order valence-electron chi connectivity index (χ2n) is 4.88. The average Bonchev–Trinajstić information content (AvgIpc) is 2.39. The van der Waals surface area contributed by atoms with E-state index in [1.165, 1.54) is 18.5 Å². The van der Waals surface area contributed by atoms with Crippen LogP contribution in [0.2, 0.25) is 0 Å². The molecule has 1 aliphatic heterocycles. The van der Waals surface area contributed by atoms with Crippen LogP contribution in [0.3, 0.4) is 0 Å². The predicted molar refractivity (Wildman–Crippen MR) is 66.5 cm³/mol. The highest BCUT2D eigenvalue weighted by Crippen LogP contribution is 2.26. The number of nitrogens with zero attached hydrogens (tertiary/aromatic N) is 2. The second kappa shape index (κ2) is 4.94. The Kier molecular flexibility index (Phi) is 3.52. The van der Waals surface area contributed by atoms with Crippen LogP contribution in [0.1, 0.15) is 30.1 Å². The summed E-state index contributed by atoms with van der Waals surface area (Å²) in [6.45, 7) is 3.24. The summed E-state index contributed by atoms with van der Waals surface area (Å²) < 4.78 is 5.46. The van der Waals surface area contributed by atoms with Gasteiger partial charge in [0.25, 0.3) is 5.91 Å². The third-order valence-corrected chi connectivity index (χ3v) is 3.47. The zero-order chi connectivity index (χ0) is 13.2. The summed E-state index contributed by atoms with van der Waals surface area (Å²) in [5.74, 6) is -0.245. The molecule has 1 atom stereocenters. The molecule has 1 aromatic heterocycles. The molecular formula is C13H18N2O3. The Morgan fingerprint density at radius 3 is 3.06 bits per heavy atom. The van der Waals surface area contributed by atoms with Crippen molar-refractivity contribution < 1.29 is 14.6 Å². The van der Waals surface area contributed by atoms with Gasteiger partial charge in [-0.05, 0) is 25.8 Å². The molecule has 1 aromatic rings. The van der Waals surface area contributed by atoms with Crippen molar-refractivity contribution in [1.82, 2.24) is 9.88 Å². The van der Waals surface area contributed by atoms with E-state index in [4.69, 9.17) is 4.74 Å². The van der Waals surface area contributed by atoms with Gasteiger partial charge in [0.2, 0.25) is 0 Å². The maximum absolute atomic E-state index is 12.3. The molecule has 2 rings (SSSR count). The number of pyridine rings is 1. The molecule has 98 valence electrons. The number of carbonyl (C=O) groups excluding carboxylic acids is 1. The minimum absolute atomic E-state index is 0.0767. The highest BCUT2D eigenvalue weighted by atomic mass is 16.5. The smallest absolute Gasteiger partial charge is 0.257 e. The first-order valence-electron chi connectivity index (χ1n) is 6.03. The monoisotopic (exact) mass is 250 g/mol. The number of likely N-dealkylation sites (tertiary alicyclic amines) is 1. The Bertz CT molecular complexity index is 450. The van der Waals surface area contributed by atoms with Crippen molar-refractivity contribution in [2.45, 2.75) is 25.4 Å². The number of ether oxygens (including phenoxy) is 1. The third-order valence-electron chi connectivity index (χ3n) is 3.47. The lowest BCUT2D eigenvalue weighted by Crippen LogP contribution is -2.49. The molecule has 0 radical (unpaired) electrons. The van der Waals surface area contributed by atoms with Gasteiger partial charge >= 0.3 is 0 Å². The molecule has 1 saturated heterocycles. The Hall–Kier alpha value is -1.62. The highest BCUT2D eigenvalue weighted by Gasteiger charge is 2.33. The van der Waals surface area contributed by atoms with Crippen LogP contribution in [0.5, 0.6) is 5.75 Å². The number of methoxy groups -OCH3 is 1. The zero-order valence-corrected chi connectivity index (χ0v) is 10.7. The fourth-order valence-corrected chi connectivity index (χ4v) is 2.28. The zero-order valence-electron chi connectivity index (χ0n) is 10.7. The van der Waals surface area contributed by atoms with Crippen molar-refractivity contribution in [3.8, 4) is 5.75 Å². The van der Waals surface area contributed by atoms with Crippen molar-refractivity contribution in [2.75, 3.05) is 20.2 Å². The lowest BCUT2D eigenvalue weighted by molar-refractivity contribution is -0.0440. The van der Waals surface area contributed by atoms with Gasteiger partial charge in [0.1, 0.15) is 5.75 Å². The average molecular weight is 250 g/mol. The van der Waals surface area contributed by atoms with Gasteiger partial charge in [-0.2, -0.15) is 0 Å². The van der Waals surface area contributed by atoms with Crippen LogP contribution >= 0.6 is 0 Å². The molecule has 0 spiro atoms. The van der Waals surface area contributed by atoms with Crippen molar-refractivity contribution in [3.63, 3.8) is 0 Å². The number of amides is 1. The molecule has 1 aliphatic rings. The summed E-state index contributed by atoms with van der Waals surface area (Å²) in [6, 6.07) is 1.54. The van der Waals surface area contributed by atoms with E-state index >= 15 is 0 Å². The second-order valence-corrected chi connectivity index (χ2v) is 4.88. The number of hydrogen-bond acceptors (Lipinski definition) is 4. The molecule has 0 saturated carbocycles. The number of carbonyl (C=O) groups is 1. The Labute approximate surface area is 106 Å². The van der Waals surface area contributed by atoms with Gasteiger partial charge in [-0.25, -0.2) is 0 Å². The van der Waals surface area contributed by atoms with Crippen molar-refractivity contribution in [1.29, 1.82) is 0 Å². The molecule has 1 unspecified atom stereocenters. The Morgan fingerprint density at radius 1 is 1.61 bits per heavy atom. The molecule has 5 heteroatoms. The van der Waals surface area contributed by atoms with Crippen LogP contribution < -0.4 is 0 Å². The summed E-state index contributed by atoms with van der Waals surface area (Å²) in [4.78, 5) is 17.8. The first-order valence-corrected chi connectivity index (χ1v) is 6.03. The lowest BCUT2D eigenvalue weighted by atomic mass is 9.94. The molecule has 1 fully saturated rings. The minimum Gasteiger partial charge on any atom is -0.505 e. The molecule has 2 heterocycles. The summed E-state index contributed by atoms with van der Waals surface area (Å²) in [5, 5.41) is 9.66. The van der Waals surface area contributed by atoms with E-state index < -0.39 is 0 Å². The molecule has 0 aromatic carbocycles. The highest BCUT2D eigenvalue weighted by molar-refractivity contribution is 5.96. The summed E-state index contributed by atoms with van der Waals surface area (Å²) >= 11 is 0. The van der Waals surface area contributed by atoms with Crippen LogP contribution in [-0.4, -0.2) is 46.7 Å². The third kappa shape index (κ3) is 2.46. The topological polar surface area (TPSA) is 62.7 Å². The maximum Gasteiger partial charge on any atom is 0.257 e. The fourth-order valence-electron chi connectivity index (χ4n) is 2.28. The van der Waals surface area contributed by atoms with E-state index in [1.54, 1.807) is 12.0 Å². The van der Waals surface area contributed by atoms with Crippen molar-refractivity contribution in [2.24, 2.45) is 0 Å². The number of rotatable bonds is 2. The van der Waals surface area contributed by atoms with Crippen molar-refractivity contribution in [3.05, 3.63) is 24.0 Å². The van der Waals surface area contributed by atoms with Gasteiger partial charge < -0.3 is 14.7 Å². The van der Waals surface area contributed by atoms with E-state index in [9.17, 15) is 9.90 Å². The van der Waals surface area contributed by atoms with Crippen LogP contribution in [0.15, 0.2) is 18.5 Å². The number of aromatic hydroxyl groups is 1. The molecule has 0 bridgehead atoms. The van der Waals surface area contributed by atoms with E-state index in [0.717, 1.165) is 12.8 Å². The molecule has 1 amide bonds. The molecule has 5 nitrogen and oxygen atoms in total. The molecule has 0 aliphatic carbocycles. The Morgan fingerprint density at radius 2 is 2.39 bits per heavy atom. The number of aromatic nitrogens is 1. The van der Waals surface area contributed by atoms with Gasteiger partial charge in [0, 0.05) is 26.4 Å². The molecule has 1 N–H and O–H groups in total. The summed E-state index contributed by atoms with van der Waals surface area (Å²) in [5.41, 5.74) is 0.00154. The molecular weight excluding hydrogens is 232 g/mol. The lowest BCUT2D eigenvalue weighted by Gasteiger charge is -2.39. The standard InChI is InChI=1S/C13H18N2O3/c1-13(18-2)5-3-7-15(9-13)12(17)10-4-6-14-8-11(10)16/h4,6,8,16H,3,5,7,9H2,1-2H3. The van der Waals surface area contributed by atoms with Gasteiger partial charge in [-0.15, -0.1) is 0 Å². The van der Waals surface area contributed by atoms with Crippen LogP contribution in [-0.2, 0) is 4.74 Å². The normalized spacial score (nSPS) is 24.0. The van der Waals surface area contributed by atoms with Gasteiger partial charge in [0.15, 0.2) is 0 Å².